The maximum absolute atomic E-state index is 12.7. The summed E-state index contributed by atoms with van der Waals surface area (Å²) >= 11 is 1.47. The van der Waals surface area contributed by atoms with Crippen molar-refractivity contribution in [1.29, 1.82) is 0 Å². The standard InChI is InChI=1S/C19H20N2O3S/c1-4-21-9-8-15-17(19(21)23)16(12(2)25-15)18(22)20-11-13-6-5-7-14(10-13)24-3/h5-10H,4,11H2,1-3H3,(H,20,22). The van der Waals surface area contributed by atoms with Crippen molar-refractivity contribution >= 4 is 27.3 Å². The van der Waals surface area contributed by atoms with Gasteiger partial charge in [0.2, 0.25) is 0 Å². The summed E-state index contributed by atoms with van der Waals surface area (Å²) in [5.74, 6) is 0.521. The largest absolute Gasteiger partial charge is 0.497 e. The highest BCUT2D eigenvalue weighted by Crippen LogP contribution is 2.28. The Bertz CT molecular complexity index is 988. The molecule has 0 bridgehead atoms. The van der Waals surface area contributed by atoms with E-state index in [-0.39, 0.29) is 11.5 Å². The third kappa shape index (κ3) is 3.30. The summed E-state index contributed by atoms with van der Waals surface area (Å²) in [6, 6.07) is 9.44. The second-order valence-corrected chi connectivity index (χ2v) is 6.97. The average Bonchev–Trinajstić information content (AvgIpc) is 2.97. The number of carbonyl (C=O) groups excluding carboxylic acids is 1. The van der Waals surface area contributed by atoms with E-state index in [0.717, 1.165) is 20.9 Å². The van der Waals surface area contributed by atoms with Crippen LogP contribution in [0.2, 0.25) is 0 Å². The number of aryl methyl sites for hydroxylation is 2. The highest BCUT2D eigenvalue weighted by Gasteiger charge is 2.19. The number of benzene rings is 1. The van der Waals surface area contributed by atoms with Crippen LogP contribution in [0.1, 0.15) is 27.7 Å². The zero-order valence-corrected chi connectivity index (χ0v) is 15.3. The maximum atomic E-state index is 12.7. The Balaban J connectivity index is 1.91. The molecule has 0 aliphatic heterocycles. The molecule has 0 atom stereocenters. The van der Waals surface area contributed by atoms with E-state index >= 15 is 0 Å². The number of thiophene rings is 1. The number of methoxy groups -OCH3 is 1. The van der Waals surface area contributed by atoms with Gasteiger partial charge < -0.3 is 14.6 Å². The Morgan fingerprint density at radius 2 is 2.12 bits per heavy atom. The lowest BCUT2D eigenvalue weighted by Gasteiger charge is -2.08. The average molecular weight is 356 g/mol. The Labute approximate surface area is 149 Å². The molecule has 5 nitrogen and oxygen atoms in total. The molecular weight excluding hydrogens is 336 g/mol. The molecule has 1 amide bonds. The van der Waals surface area contributed by atoms with E-state index in [1.54, 1.807) is 17.9 Å². The fraction of sp³-hybridized carbons (Fsp3) is 0.263. The molecule has 0 unspecified atom stereocenters. The first-order chi connectivity index (χ1) is 12.0. The molecule has 3 aromatic rings. The molecular formula is C19H20N2O3S. The van der Waals surface area contributed by atoms with Gasteiger partial charge in [-0.25, -0.2) is 0 Å². The van der Waals surface area contributed by atoms with Crippen molar-refractivity contribution in [3.8, 4) is 5.75 Å². The predicted octanol–water partition coefficient (Wildman–Crippen LogP) is 3.33. The highest BCUT2D eigenvalue weighted by molar-refractivity contribution is 7.19. The van der Waals surface area contributed by atoms with E-state index in [4.69, 9.17) is 4.74 Å². The van der Waals surface area contributed by atoms with Crippen molar-refractivity contribution in [3.05, 3.63) is 62.9 Å². The molecule has 130 valence electrons. The van der Waals surface area contributed by atoms with E-state index in [9.17, 15) is 9.59 Å². The number of amides is 1. The summed E-state index contributed by atoms with van der Waals surface area (Å²) in [5.41, 5.74) is 1.31. The number of hydrogen-bond acceptors (Lipinski definition) is 4. The first-order valence-corrected chi connectivity index (χ1v) is 8.90. The Hall–Kier alpha value is -2.60. The van der Waals surface area contributed by atoms with Crippen LogP contribution in [0.25, 0.3) is 10.1 Å². The van der Waals surface area contributed by atoms with E-state index in [1.165, 1.54) is 11.3 Å². The molecule has 0 saturated heterocycles. The fourth-order valence-corrected chi connectivity index (χ4v) is 3.89. The van der Waals surface area contributed by atoms with E-state index in [1.807, 2.05) is 44.2 Å². The molecule has 6 heteroatoms. The van der Waals surface area contributed by atoms with Crippen molar-refractivity contribution in [2.45, 2.75) is 26.9 Å². The Morgan fingerprint density at radius 1 is 1.32 bits per heavy atom. The summed E-state index contributed by atoms with van der Waals surface area (Å²) in [6.07, 6.45) is 1.78. The van der Waals surface area contributed by atoms with Gasteiger partial charge in [-0.05, 0) is 37.6 Å². The highest BCUT2D eigenvalue weighted by atomic mass is 32.1. The monoisotopic (exact) mass is 356 g/mol. The van der Waals surface area contributed by atoms with Crippen LogP contribution < -0.4 is 15.6 Å². The van der Waals surface area contributed by atoms with Gasteiger partial charge in [-0.1, -0.05) is 12.1 Å². The summed E-state index contributed by atoms with van der Waals surface area (Å²) in [5, 5.41) is 3.42. The summed E-state index contributed by atoms with van der Waals surface area (Å²) in [6.45, 7) is 4.74. The molecule has 1 N–H and O–H groups in total. The number of nitrogens with zero attached hydrogens (tertiary/aromatic N) is 1. The van der Waals surface area contributed by atoms with Crippen LogP contribution in [0.15, 0.2) is 41.3 Å². The Kier molecular flexibility index (Phi) is 4.90. The van der Waals surface area contributed by atoms with Gasteiger partial charge in [0, 0.05) is 28.9 Å². The second-order valence-electron chi connectivity index (χ2n) is 5.71. The number of fused-ring (bicyclic) bond motifs is 1. The normalized spacial score (nSPS) is 10.8. The molecule has 2 heterocycles. The van der Waals surface area contributed by atoms with Crippen molar-refractivity contribution in [1.82, 2.24) is 9.88 Å². The molecule has 0 saturated carbocycles. The Morgan fingerprint density at radius 3 is 2.84 bits per heavy atom. The predicted molar refractivity (Wildman–Crippen MR) is 101 cm³/mol. The third-order valence-corrected chi connectivity index (χ3v) is 5.22. The fourth-order valence-electron chi connectivity index (χ4n) is 2.84. The van der Waals surface area contributed by atoms with E-state index in [0.29, 0.717) is 24.0 Å². The molecule has 0 fully saturated rings. The van der Waals surface area contributed by atoms with Crippen LogP contribution in [-0.2, 0) is 13.1 Å². The number of rotatable bonds is 5. The zero-order chi connectivity index (χ0) is 18.0. The number of aromatic nitrogens is 1. The maximum Gasteiger partial charge on any atom is 0.260 e. The van der Waals surface area contributed by atoms with E-state index in [2.05, 4.69) is 5.32 Å². The van der Waals surface area contributed by atoms with Gasteiger partial charge in [-0.15, -0.1) is 11.3 Å². The minimum Gasteiger partial charge on any atom is -0.497 e. The number of pyridine rings is 1. The van der Waals surface area contributed by atoms with Gasteiger partial charge in [0.25, 0.3) is 11.5 Å². The van der Waals surface area contributed by atoms with Gasteiger partial charge >= 0.3 is 0 Å². The van der Waals surface area contributed by atoms with Crippen LogP contribution in [0, 0.1) is 6.92 Å². The van der Waals surface area contributed by atoms with Crippen LogP contribution in [-0.4, -0.2) is 17.6 Å². The summed E-state index contributed by atoms with van der Waals surface area (Å²) in [4.78, 5) is 26.2. The third-order valence-electron chi connectivity index (χ3n) is 4.15. The lowest BCUT2D eigenvalue weighted by atomic mass is 10.1. The van der Waals surface area contributed by atoms with Gasteiger partial charge in [0.05, 0.1) is 18.1 Å². The molecule has 0 aliphatic carbocycles. The van der Waals surface area contributed by atoms with E-state index < -0.39 is 0 Å². The van der Waals surface area contributed by atoms with Crippen LogP contribution >= 0.6 is 11.3 Å². The second kappa shape index (κ2) is 7.11. The lowest BCUT2D eigenvalue weighted by molar-refractivity contribution is 0.0952. The molecule has 0 spiro atoms. The van der Waals surface area contributed by atoms with Gasteiger partial charge in [-0.3, -0.25) is 9.59 Å². The lowest BCUT2D eigenvalue weighted by Crippen LogP contribution is -2.26. The van der Waals surface area contributed by atoms with Crippen molar-refractivity contribution in [2.75, 3.05) is 7.11 Å². The topological polar surface area (TPSA) is 60.3 Å². The molecule has 1 aromatic carbocycles. The quantitative estimate of drug-likeness (QED) is 0.763. The number of ether oxygens (including phenoxy) is 1. The summed E-state index contributed by atoms with van der Waals surface area (Å²) < 4.78 is 7.66. The van der Waals surface area contributed by atoms with Crippen LogP contribution in [0.4, 0.5) is 0 Å². The van der Waals surface area contributed by atoms with Crippen molar-refractivity contribution in [2.24, 2.45) is 0 Å². The molecule has 2 aromatic heterocycles. The van der Waals surface area contributed by atoms with Gasteiger partial charge in [-0.2, -0.15) is 0 Å². The number of nitrogens with one attached hydrogen (secondary N) is 1. The molecule has 25 heavy (non-hydrogen) atoms. The van der Waals surface area contributed by atoms with Crippen LogP contribution in [0.5, 0.6) is 5.75 Å². The first-order valence-electron chi connectivity index (χ1n) is 8.08. The smallest absolute Gasteiger partial charge is 0.260 e. The number of carbonyl (C=O) groups is 1. The van der Waals surface area contributed by atoms with Gasteiger partial charge in [0.15, 0.2) is 0 Å². The zero-order valence-electron chi connectivity index (χ0n) is 14.5. The van der Waals surface area contributed by atoms with Crippen molar-refractivity contribution < 1.29 is 9.53 Å². The minimum atomic E-state index is -0.225. The van der Waals surface area contributed by atoms with Crippen LogP contribution in [0.3, 0.4) is 0 Å². The molecule has 3 rings (SSSR count). The molecule has 0 aliphatic rings. The number of hydrogen-bond donors (Lipinski definition) is 1. The van der Waals surface area contributed by atoms with Gasteiger partial charge in [0.1, 0.15) is 5.75 Å². The SMILES string of the molecule is CCn1ccc2sc(C)c(C(=O)NCc3cccc(OC)c3)c2c1=O. The molecule has 0 radical (unpaired) electrons. The minimum absolute atomic E-state index is 0.115. The first kappa shape index (κ1) is 17.2. The summed E-state index contributed by atoms with van der Waals surface area (Å²) in [7, 11) is 1.61. The van der Waals surface area contributed by atoms with Crippen molar-refractivity contribution in [3.63, 3.8) is 0 Å².